The van der Waals surface area contributed by atoms with E-state index in [0.29, 0.717) is 6.61 Å². The maximum Gasteiger partial charge on any atom is 0.113 e. The third kappa shape index (κ3) is 2.33. The van der Waals surface area contributed by atoms with Crippen molar-refractivity contribution in [3.63, 3.8) is 0 Å². The fraction of sp³-hybridized carbons (Fsp3) is 0.500. The standard InChI is InChI=1S/C12H15N3OS2/c1-7-11(14-8(2)18-7)10-6-17-12(15-10)9-5-16-4-3-13-9/h6,9,13H,3-5H2,1-2H3. The molecule has 6 heteroatoms. The molecule has 3 rings (SSSR count). The van der Waals surface area contributed by atoms with Crippen LogP contribution >= 0.6 is 22.7 Å². The van der Waals surface area contributed by atoms with Gasteiger partial charge in [0, 0.05) is 16.8 Å². The van der Waals surface area contributed by atoms with Gasteiger partial charge in [-0.3, -0.25) is 0 Å². The molecule has 96 valence electrons. The molecule has 18 heavy (non-hydrogen) atoms. The number of thiazole rings is 2. The van der Waals surface area contributed by atoms with Gasteiger partial charge in [-0.15, -0.1) is 22.7 Å². The van der Waals surface area contributed by atoms with Crippen LogP contribution in [0.25, 0.3) is 11.4 Å². The number of aromatic nitrogens is 2. The monoisotopic (exact) mass is 281 g/mol. The Morgan fingerprint density at radius 3 is 2.94 bits per heavy atom. The van der Waals surface area contributed by atoms with Crippen LogP contribution in [0.3, 0.4) is 0 Å². The van der Waals surface area contributed by atoms with Crippen LogP contribution in [0, 0.1) is 13.8 Å². The lowest BCUT2D eigenvalue weighted by atomic mass is 10.3. The highest BCUT2D eigenvalue weighted by Crippen LogP contribution is 2.30. The van der Waals surface area contributed by atoms with Crippen molar-refractivity contribution in [2.45, 2.75) is 19.9 Å². The average Bonchev–Trinajstić information content (AvgIpc) is 2.97. The molecule has 1 aliphatic heterocycles. The summed E-state index contributed by atoms with van der Waals surface area (Å²) in [5.41, 5.74) is 2.01. The molecule has 4 nitrogen and oxygen atoms in total. The Bertz CT molecular complexity index is 543. The Balaban J connectivity index is 1.86. The van der Waals surface area contributed by atoms with Gasteiger partial charge in [0.15, 0.2) is 0 Å². The predicted octanol–water partition coefficient (Wildman–Crippen LogP) is 2.54. The summed E-state index contributed by atoms with van der Waals surface area (Å²) in [6.45, 7) is 6.53. The van der Waals surface area contributed by atoms with Crippen molar-refractivity contribution in [1.29, 1.82) is 0 Å². The molecule has 1 aliphatic rings. The van der Waals surface area contributed by atoms with Gasteiger partial charge in [0.05, 0.1) is 24.3 Å². The van der Waals surface area contributed by atoms with E-state index in [2.05, 4.69) is 22.6 Å². The Morgan fingerprint density at radius 2 is 2.28 bits per heavy atom. The minimum Gasteiger partial charge on any atom is -0.378 e. The lowest BCUT2D eigenvalue weighted by Gasteiger charge is -2.21. The maximum absolute atomic E-state index is 5.47. The lowest BCUT2D eigenvalue weighted by molar-refractivity contribution is 0.0768. The van der Waals surface area contributed by atoms with E-state index in [-0.39, 0.29) is 6.04 Å². The molecule has 0 spiro atoms. The summed E-state index contributed by atoms with van der Waals surface area (Å²) in [5.74, 6) is 0. The molecule has 1 fully saturated rings. The number of hydrogen-bond acceptors (Lipinski definition) is 6. The lowest BCUT2D eigenvalue weighted by Crippen LogP contribution is -2.34. The molecular weight excluding hydrogens is 266 g/mol. The van der Waals surface area contributed by atoms with Gasteiger partial charge in [-0.25, -0.2) is 9.97 Å². The summed E-state index contributed by atoms with van der Waals surface area (Å²) < 4.78 is 5.47. The van der Waals surface area contributed by atoms with Gasteiger partial charge < -0.3 is 10.1 Å². The molecule has 1 saturated heterocycles. The number of nitrogens with one attached hydrogen (secondary N) is 1. The maximum atomic E-state index is 5.47. The number of hydrogen-bond donors (Lipinski definition) is 1. The first-order valence-electron chi connectivity index (χ1n) is 5.95. The first-order valence-corrected chi connectivity index (χ1v) is 7.64. The zero-order valence-corrected chi connectivity index (χ0v) is 12.0. The van der Waals surface area contributed by atoms with E-state index in [1.165, 1.54) is 4.88 Å². The molecule has 0 bridgehead atoms. The van der Waals surface area contributed by atoms with Crippen LogP contribution in [0.5, 0.6) is 0 Å². The van der Waals surface area contributed by atoms with E-state index in [9.17, 15) is 0 Å². The van der Waals surface area contributed by atoms with Crippen LogP contribution in [-0.4, -0.2) is 29.7 Å². The van der Waals surface area contributed by atoms with Crippen LogP contribution < -0.4 is 5.32 Å². The van der Waals surface area contributed by atoms with E-state index in [4.69, 9.17) is 9.72 Å². The second-order valence-corrected chi connectivity index (χ2v) is 6.59. The van der Waals surface area contributed by atoms with Gasteiger partial charge in [0.2, 0.25) is 0 Å². The van der Waals surface area contributed by atoms with Crippen molar-refractivity contribution in [2.75, 3.05) is 19.8 Å². The summed E-state index contributed by atoms with van der Waals surface area (Å²) in [5, 5.41) is 7.70. The zero-order chi connectivity index (χ0) is 12.5. The molecule has 1 atom stereocenters. The van der Waals surface area contributed by atoms with E-state index in [0.717, 1.165) is 34.6 Å². The Labute approximate surface area is 114 Å². The molecule has 2 aromatic rings. The number of nitrogens with zero attached hydrogens (tertiary/aromatic N) is 2. The Hall–Kier alpha value is -0.820. The van der Waals surface area contributed by atoms with Gasteiger partial charge in [-0.05, 0) is 13.8 Å². The minimum atomic E-state index is 0.234. The minimum absolute atomic E-state index is 0.234. The van der Waals surface area contributed by atoms with Gasteiger partial charge in [-0.1, -0.05) is 0 Å². The molecular formula is C12H15N3OS2. The fourth-order valence-electron chi connectivity index (χ4n) is 2.05. The van der Waals surface area contributed by atoms with E-state index in [1.807, 2.05) is 6.92 Å². The summed E-state index contributed by atoms with van der Waals surface area (Å²) in [6, 6.07) is 0.234. The molecule has 0 aliphatic carbocycles. The predicted molar refractivity (Wildman–Crippen MR) is 74.3 cm³/mol. The van der Waals surface area contributed by atoms with Crippen LogP contribution in [0.1, 0.15) is 20.9 Å². The van der Waals surface area contributed by atoms with Crippen molar-refractivity contribution in [3.05, 3.63) is 20.3 Å². The largest absolute Gasteiger partial charge is 0.378 e. The second kappa shape index (κ2) is 5.05. The Morgan fingerprint density at radius 1 is 1.39 bits per heavy atom. The molecule has 0 saturated carbocycles. The molecule has 3 heterocycles. The molecule has 0 aromatic carbocycles. The summed E-state index contributed by atoms with van der Waals surface area (Å²) in [7, 11) is 0. The topological polar surface area (TPSA) is 47.0 Å². The first-order chi connectivity index (χ1) is 8.74. The first kappa shape index (κ1) is 12.2. The SMILES string of the molecule is Cc1nc(-c2csc(C3COCCN3)n2)c(C)s1. The van der Waals surface area contributed by atoms with Crippen molar-refractivity contribution >= 4 is 22.7 Å². The summed E-state index contributed by atoms with van der Waals surface area (Å²) in [4.78, 5) is 10.5. The third-order valence-corrected chi connectivity index (χ3v) is 4.73. The van der Waals surface area contributed by atoms with Crippen molar-refractivity contribution in [2.24, 2.45) is 0 Å². The number of morpholine rings is 1. The molecule has 0 amide bonds. The van der Waals surface area contributed by atoms with E-state index in [1.54, 1.807) is 22.7 Å². The van der Waals surface area contributed by atoms with E-state index < -0.39 is 0 Å². The number of rotatable bonds is 2. The van der Waals surface area contributed by atoms with Gasteiger partial charge in [-0.2, -0.15) is 0 Å². The molecule has 1 unspecified atom stereocenters. The fourth-order valence-corrected chi connectivity index (χ4v) is 3.74. The molecule has 0 radical (unpaired) electrons. The highest BCUT2D eigenvalue weighted by Gasteiger charge is 2.20. The van der Waals surface area contributed by atoms with Crippen molar-refractivity contribution in [1.82, 2.24) is 15.3 Å². The van der Waals surface area contributed by atoms with Crippen LogP contribution in [0.4, 0.5) is 0 Å². The van der Waals surface area contributed by atoms with Gasteiger partial charge in [0.1, 0.15) is 16.4 Å². The van der Waals surface area contributed by atoms with Crippen molar-refractivity contribution in [3.8, 4) is 11.4 Å². The number of ether oxygens (including phenoxy) is 1. The smallest absolute Gasteiger partial charge is 0.113 e. The highest BCUT2D eigenvalue weighted by molar-refractivity contribution is 7.12. The molecule has 2 aromatic heterocycles. The number of aryl methyl sites for hydroxylation is 2. The van der Waals surface area contributed by atoms with Crippen LogP contribution in [0.15, 0.2) is 5.38 Å². The molecule has 1 N–H and O–H groups in total. The van der Waals surface area contributed by atoms with Gasteiger partial charge >= 0.3 is 0 Å². The third-order valence-electron chi connectivity index (χ3n) is 2.89. The summed E-state index contributed by atoms with van der Waals surface area (Å²) in [6.07, 6.45) is 0. The van der Waals surface area contributed by atoms with E-state index >= 15 is 0 Å². The summed E-state index contributed by atoms with van der Waals surface area (Å²) >= 11 is 3.40. The van der Waals surface area contributed by atoms with Gasteiger partial charge in [0.25, 0.3) is 0 Å². The second-order valence-electron chi connectivity index (χ2n) is 4.29. The van der Waals surface area contributed by atoms with Crippen molar-refractivity contribution < 1.29 is 4.74 Å². The highest BCUT2D eigenvalue weighted by atomic mass is 32.1. The zero-order valence-electron chi connectivity index (χ0n) is 10.4. The Kier molecular flexibility index (Phi) is 3.43. The quantitative estimate of drug-likeness (QED) is 0.919. The van der Waals surface area contributed by atoms with Crippen LogP contribution in [0.2, 0.25) is 0 Å². The van der Waals surface area contributed by atoms with Crippen LogP contribution in [-0.2, 0) is 4.74 Å². The average molecular weight is 281 g/mol. The normalized spacial score (nSPS) is 20.2.